The average molecular weight is 409 g/mol. The Kier molecular flexibility index (Phi) is 5.09. The molecule has 4 aromatic rings. The third-order valence-electron chi connectivity index (χ3n) is 4.13. The van der Waals surface area contributed by atoms with Crippen LogP contribution in [-0.4, -0.2) is 36.1 Å². The maximum absolute atomic E-state index is 13.0. The number of rotatable bonds is 5. The predicted octanol–water partition coefficient (Wildman–Crippen LogP) is 2.87. The zero-order valence-corrected chi connectivity index (χ0v) is 16.4. The number of pyridine rings is 1. The van der Waals surface area contributed by atoms with E-state index in [1.54, 1.807) is 18.3 Å². The molecule has 1 amide bonds. The molecule has 146 valence electrons. The van der Waals surface area contributed by atoms with Crippen molar-refractivity contribution in [2.24, 2.45) is 0 Å². The van der Waals surface area contributed by atoms with Gasteiger partial charge in [0, 0.05) is 11.3 Å². The van der Waals surface area contributed by atoms with Crippen molar-refractivity contribution in [1.82, 2.24) is 35.5 Å². The quantitative estimate of drug-likeness (QED) is 0.544. The van der Waals surface area contributed by atoms with Gasteiger partial charge in [-0.2, -0.15) is 0 Å². The van der Waals surface area contributed by atoms with E-state index in [1.807, 2.05) is 26.0 Å². The number of carbonyl (C=O) groups is 1. The Hall–Kier alpha value is -3.53. The van der Waals surface area contributed by atoms with E-state index in [0.717, 1.165) is 22.6 Å². The number of aryl methyl sites for hydroxylation is 2. The Morgan fingerprint density at radius 3 is 2.66 bits per heavy atom. The van der Waals surface area contributed by atoms with Crippen molar-refractivity contribution in [2.75, 3.05) is 0 Å². The number of benzene rings is 1. The van der Waals surface area contributed by atoms with Crippen LogP contribution in [0.3, 0.4) is 0 Å². The van der Waals surface area contributed by atoms with Crippen LogP contribution in [0.1, 0.15) is 26.9 Å². The van der Waals surface area contributed by atoms with Crippen molar-refractivity contribution in [1.29, 1.82) is 0 Å². The Labute approximate surface area is 169 Å². The van der Waals surface area contributed by atoms with Crippen molar-refractivity contribution in [3.05, 3.63) is 70.5 Å². The molecular weight excluding hydrogens is 393 g/mol. The number of amides is 1. The van der Waals surface area contributed by atoms with Gasteiger partial charge in [0.15, 0.2) is 5.69 Å². The van der Waals surface area contributed by atoms with Crippen LogP contribution < -0.4 is 5.32 Å². The van der Waals surface area contributed by atoms with E-state index in [-0.39, 0.29) is 24.0 Å². The summed E-state index contributed by atoms with van der Waals surface area (Å²) in [6.07, 6.45) is 1.55. The molecule has 1 N–H and O–H groups in total. The Bertz CT molecular complexity index is 1170. The van der Waals surface area contributed by atoms with Crippen LogP contribution in [0, 0.1) is 19.7 Å². The second-order valence-electron chi connectivity index (χ2n) is 6.30. The Morgan fingerprint density at radius 2 is 1.90 bits per heavy atom. The molecule has 0 radical (unpaired) electrons. The first-order valence-corrected chi connectivity index (χ1v) is 9.55. The minimum absolute atomic E-state index is 0.188. The molecule has 0 unspecified atom stereocenters. The molecule has 4 rings (SSSR count). The van der Waals surface area contributed by atoms with Crippen molar-refractivity contribution in [3.63, 3.8) is 0 Å². The Morgan fingerprint density at radius 1 is 1.10 bits per heavy atom. The molecule has 1 aromatic carbocycles. The van der Waals surface area contributed by atoms with E-state index in [0.29, 0.717) is 10.0 Å². The summed E-state index contributed by atoms with van der Waals surface area (Å²) in [6.45, 7) is 3.99. The topological polar surface area (TPSA) is 98.5 Å². The number of nitrogens with zero attached hydrogens (tertiary/aromatic N) is 6. The van der Waals surface area contributed by atoms with Crippen molar-refractivity contribution < 1.29 is 9.18 Å². The Balaban J connectivity index is 1.42. The number of carbonyl (C=O) groups excluding carboxylic acids is 1. The SMILES string of the molecule is Cc1ccc(-n2cc(C(=O)NCc3nnc(-c4ccc(F)cc4)s3)nn2)c(C)n1. The highest BCUT2D eigenvalue weighted by molar-refractivity contribution is 7.14. The lowest BCUT2D eigenvalue weighted by atomic mass is 10.2. The van der Waals surface area contributed by atoms with Gasteiger partial charge in [0.2, 0.25) is 0 Å². The van der Waals surface area contributed by atoms with Crippen LogP contribution in [0.25, 0.3) is 16.3 Å². The second-order valence-corrected chi connectivity index (χ2v) is 7.36. The summed E-state index contributed by atoms with van der Waals surface area (Å²) in [5, 5.41) is 20.1. The standard InChI is InChI=1S/C19H16FN7OS/c1-11-3-8-16(12(2)22-11)27-10-15(23-26-27)18(28)21-9-17-24-25-19(29-17)13-4-6-14(20)7-5-13/h3-8,10H,9H2,1-2H3,(H,21,28). The highest BCUT2D eigenvalue weighted by Crippen LogP contribution is 2.23. The smallest absolute Gasteiger partial charge is 0.273 e. The van der Waals surface area contributed by atoms with Gasteiger partial charge in [0.1, 0.15) is 15.8 Å². The predicted molar refractivity (Wildman–Crippen MR) is 105 cm³/mol. The van der Waals surface area contributed by atoms with Crippen LogP contribution in [-0.2, 0) is 6.54 Å². The molecule has 29 heavy (non-hydrogen) atoms. The van der Waals surface area contributed by atoms with Crippen LogP contribution in [0.4, 0.5) is 4.39 Å². The summed E-state index contributed by atoms with van der Waals surface area (Å²) in [6, 6.07) is 9.76. The number of hydrogen-bond donors (Lipinski definition) is 1. The lowest BCUT2D eigenvalue weighted by Crippen LogP contribution is -2.23. The lowest BCUT2D eigenvalue weighted by molar-refractivity contribution is 0.0945. The molecule has 0 atom stereocenters. The molecule has 3 heterocycles. The molecule has 8 nitrogen and oxygen atoms in total. The van der Waals surface area contributed by atoms with Gasteiger partial charge in [-0.25, -0.2) is 9.07 Å². The molecule has 0 saturated carbocycles. The fraction of sp³-hybridized carbons (Fsp3) is 0.158. The third-order valence-corrected chi connectivity index (χ3v) is 5.10. The van der Waals surface area contributed by atoms with E-state index >= 15 is 0 Å². The molecule has 3 aromatic heterocycles. The highest BCUT2D eigenvalue weighted by Gasteiger charge is 2.14. The highest BCUT2D eigenvalue weighted by atomic mass is 32.1. The van der Waals surface area contributed by atoms with E-state index in [4.69, 9.17) is 0 Å². The van der Waals surface area contributed by atoms with Crippen molar-refractivity contribution in [3.8, 4) is 16.3 Å². The van der Waals surface area contributed by atoms with Crippen LogP contribution in [0.5, 0.6) is 0 Å². The molecular formula is C19H16FN7OS. The van der Waals surface area contributed by atoms with Crippen LogP contribution >= 0.6 is 11.3 Å². The van der Waals surface area contributed by atoms with E-state index < -0.39 is 0 Å². The van der Waals surface area contributed by atoms with E-state index in [9.17, 15) is 9.18 Å². The second kappa shape index (κ2) is 7.84. The number of hydrogen-bond acceptors (Lipinski definition) is 7. The van der Waals surface area contributed by atoms with Gasteiger partial charge >= 0.3 is 0 Å². The third kappa shape index (κ3) is 4.16. The summed E-state index contributed by atoms with van der Waals surface area (Å²) in [7, 11) is 0. The van der Waals surface area contributed by atoms with Gasteiger partial charge in [0.05, 0.1) is 24.1 Å². The van der Waals surface area contributed by atoms with Crippen molar-refractivity contribution >= 4 is 17.2 Å². The number of aromatic nitrogens is 6. The summed E-state index contributed by atoms with van der Waals surface area (Å²) < 4.78 is 14.6. The average Bonchev–Trinajstić information content (AvgIpc) is 3.37. The first-order valence-electron chi connectivity index (χ1n) is 8.73. The first-order chi connectivity index (χ1) is 14.0. The summed E-state index contributed by atoms with van der Waals surface area (Å²) in [4.78, 5) is 16.8. The van der Waals surface area contributed by atoms with Gasteiger partial charge in [-0.15, -0.1) is 15.3 Å². The number of nitrogens with one attached hydrogen (secondary N) is 1. The molecule has 0 bridgehead atoms. The molecule has 0 aliphatic heterocycles. The van der Waals surface area contributed by atoms with Crippen LogP contribution in [0.15, 0.2) is 42.6 Å². The molecule has 0 saturated heterocycles. The fourth-order valence-corrected chi connectivity index (χ4v) is 3.47. The fourth-order valence-electron chi connectivity index (χ4n) is 2.69. The molecule has 0 fully saturated rings. The zero-order chi connectivity index (χ0) is 20.4. The van der Waals surface area contributed by atoms with Gasteiger partial charge in [-0.1, -0.05) is 16.6 Å². The van der Waals surface area contributed by atoms with Gasteiger partial charge < -0.3 is 5.32 Å². The number of halogens is 1. The maximum atomic E-state index is 13.0. The van der Waals surface area contributed by atoms with Gasteiger partial charge in [0.25, 0.3) is 5.91 Å². The minimum atomic E-state index is -0.368. The molecule has 10 heteroatoms. The van der Waals surface area contributed by atoms with Crippen LogP contribution in [0.2, 0.25) is 0 Å². The van der Waals surface area contributed by atoms with Gasteiger partial charge in [-0.05, 0) is 50.2 Å². The maximum Gasteiger partial charge on any atom is 0.273 e. The monoisotopic (exact) mass is 409 g/mol. The normalized spacial score (nSPS) is 10.9. The summed E-state index contributed by atoms with van der Waals surface area (Å²) in [5.41, 5.74) is 3.42. The largest absolute Gasteiger partial charge is 0.344 e. The minimum Gasteiger partial charge on any atom is -0.344 e. The molecule has 0 spiro atoms. The summed E-state index contributed by atoms with van der Waals surface area (Å²) in [5.74, 6) is -0.678. The molecule has 0 aliphatic carbocycles. The van der Waals surface area contributed by atoms with E-state index in [1.165, 1.54) is 28.2 Å². The summed E-state index contributed by atoms with van der Waals surface area (Å²) >= 11 is 1.33. The lowest BCUT2D eigenvalue weighted by Gasteiger charge is -2.04. The zero-order valence-electron chi connectivity index (χ0n) is 15.6. The van der Waals surface area contributed by atoms with E-state index in [2.05, 4.69) is 30.8 Å². The van der Waals surface area contributed by atoms with Gasteiger partial charge in [-0.3, -0.25) is 9.78 Å². The molecule has 0 aliphatic rings. The first kappa shape index (κ1) is 18.8. The van der Waals surface area contributed by atoms with Crippen molar-refractivity contribution in [2.45, 2.75) is 20.4 Å².